The van der Waals surface area contributed by atoms with Crippen molar-refractivity contribution >= 4 is 15.9 Å². The molecule has 0 bridgehead atoms. The van der Waals surface area contributed by atoms with Crippen molar-refractivity contribution in [2.45, 2.75) is 6.29 Å². The highest BCUT2D eigenvalue weighted by Crippen LogP contribution is 1.75. The predicted molar refractivity (Wildman–Crippen MR) is 34.9 cm³/mol. The van der Waals surface area contributed by atoms with Crippen LogP contribution in [0.25, 0.3) is 0 Å². The van der Waals surface area contributed by atoms with Crippen molar-refractivity contribution < 1.29 is 10.2 Å². The lowest BCUT2D eigenvalue weighted by atomic mass is 10.6. The minimum absolute atomic E-state index is 0.242. The number of nitrogens with one attached hydrogen (secondary N) is 1. The molecule has 0 fully saturated rings. The van der Waals surface area contributed by atoms with Crippen molar-refractivity contribution in [2.75, 3.05) is 18.4 Å². The first-order chi connectivity index (χ1) is 3.77. The van der Waals surface area contributed by atoms with E-state index in [-0.39, 0.29) is 6.54 Å². The molecule has 0 aromatic heterocycles. The summed E-state index contributed by atoms with van der Waals surface area (Å²) < 4.78 is 0. The minimum Gasteiger partial charge on any atom is -0.367 e. The quantitative estimate of drug-likeness (QED) is 0.307. The summed E-state index contributed by atoms with van der Waals surface area (Å²) in [6.07, 6.45) is -1.23. The van der Waals surface area contributed by atoms with Crippen LogP contribution in [-0.4, -0.2) is 34.9 Å². The zero-order chi connectivity index (χ0) is 6.41. The van der Waals surface area contributed by atoms with Gasteiger partial charge in [0.15, 0.2) is 6.29 Å². The maximum absolute atomic E-state index is 8.26. The zero-order valence-corrected chi connectivity index (χ0v) is 6.06. The molecule has 0 aliphatic heterocycles. The summed E-state index contributed by atoms with van der Waals surface area (Å²) in [7, 11) is 0. The van der Waals surface area contributed by atoms with Crippen molar-refractivity contribution in [2.24, 2.45) is 0 Å². The molecule has 3 nitrogen and oxygen atoms in total. The van der Waals surface area contributed by atoms with Crippen LogP contribution >= 0.6 is 15.9 Å². The van der Waals surface area contributed by atoms with E-state index >= 15 is 0 Å². The van der Waals surface area contributed by atoms with Crippen molar-refractivity contribution in [1.29, 1.82) is 0 Å². The molecule has 0 aliphatic rings. The van der Waals surface area contributed by atoms with Crippen LogP contribution in [0.1, 0.15) is 0 Å². The average molecular weight is 184 g/mol. The molecule has 50 valence electrons. The molecule has 0 saturated carbocycles. The number of aliphatic hydroxyl groups excluding tert-OH is 1. The molecule has 8 heavy (non-hydrogen) atoms. The SMILES string of the molecule is OC(O)CNCCBr. The van der Waals surface area contributed by atoms with E-state index in [0.29, 0.717) is 0 Å². The molecule has 4 heteroatoms. The van der Waals surface area contributed by atoms with Gasteiger partial charge in [-0.3, -0.25) is 0 Å². The minimum atomic E-state index is -1.23. The maximum Gasteiger partial charge on any atom is 0.164 e. The summed E-state index contributed by atoms with van der Waals surface area (Å²) in [4.78, 5) is 0. The maximum atomic E-state index is 8.26. The van der Waals surface area contributed by atoms with Gasteiger partial charge in [0, 0.05) is 18.4 Å². The van der Waals surface area contributed by atoms with Gasteiger partial charge in [-0.25, -0.2) is 0 Å². The Morgan fingerprint density at radius 1 is 1.50 bits per heavy atom. The Bertz CT molecular complexity index is 51.3. The van der Waals surface area contributed by atoms with E-state index in [2.05, 4.69) is 21.2 Å². The molecular formula is C4H10BrNO2. The van der Waals surface area contributed by atoms with Gasteiger partial charge in [0.25, 0.3) is 0 Å². The molecular weight excluding hydrogens is 174 g/mol. The number of alkyl halides is 1. The molecule has 0 rings (SSSR count). The summed E-state index contributed by atoms with van der Waals surface area (Å²) in [5.41, 5.74) is 0. The van der Waals surface area contributed by atoms with Crippen molar-refractivity contribution in [3.63, 3.8) is 0 Å². The highest BCUT2D eigenvalue weighted by Gasteiger charge is 1.92. The summed E-state index contributed by atoms with van der Waals surface area (Å²) in [6.45, 7) is 1.00. The van der Waals surface area contributed by atoms with Gasteiger partial charge < -0.3 is 15.5 Å². The lowest BCUT2D eigenvalue weighted by molar-refractivity contribution is -0.0367. The number of aliphatic hydroxyl groups is 2. The van der Waals surface area contributed by atoms with Gasteiger partial charge in [-0.1, -0.05) is 15.9 Å². The standard InChI is InChI=1S/C4H10BrNO2/c5-1-2-6-3-4(7)8/h4,6-8H,1-3H2. The largest absolute Gasteiger partial charge is 0.367 e. The van der Waals surface area contributed by atoms with E-state index in [1.165, 1.54) is 0 Å². The monoisotopic (exact) mass is 183 g/mol. The van der Waals surface area contributed by atoms with Gasteiger partial charge in [0.1, 0.15) is 0 Å². The van der Waals surface area contributed by atoms with E-state index in [0.717, 1.165) is 11.9 Å². The van der Waals surface area contributed by atoms with E-state index in [9.17, 15) is 0 Å². The molecule has 0 aliphatic carbocycles. The van der Waals surface area contributed by atoms with Crippen molar-refractivity contribution in [3.8, 4) is 0 Å². The first-order valence-corrected chi connectivity index (χ1v) is 3.52. The second kappa shape index (κ2) is 5.50. The molecule has 0 atom stereocenters. The highest BCUT2D eigenvalue weighted by atomic mass is 79.9. The number of hydrogen-bond donors (Lipinski definition) is 3. The molecule has 0 heterocycles. The summed E-state index contributed by atoms with van der Waals surface area (Å²) in [5, 5.41) is 20.1. The van der Waals surface area contributed by atoms with Gasteiger partial charge in [-0.15, -0.1) is 0 Å². The fourth-order valence-electron chi connectivity index (χ4n) is 0.298. The summed E-state index contributed by atoms with van der Waals surface area (Å²) in [6, 6.07) is 0. The molecule has 0 aromatic rings. The Morgan fingerprint density at radius 3 is 2.50 bits per heavy atom. The third-order valence-electron chi connectivity index (χ3n) is 0.598. The van der Waals surface area contributed by atoms with E-state index in [4.69, 9.17) is 10.2 Å². The number of halogens is 1. The number of hydrogen-bond acceptors (Lipinski definition) is 3. The normalized spacial score (nSPS) is 10.5. The predicted octanol–water partition coefficient (Wildman–Crippen LogP) is -0.718. The number of rotatable bonds is 4. The van der Waals surface area contributed by atoms with Crippen LogP contribution in [0.15, 0.2) is 0 Å². The molecule has 0 saturated heterocycles. The highest BCUT2D eigenvalue weighted by molar-refractivity contribution is 9.09. The molecule has 0 radical (unpaired) electrons. The summed E-state index contributed by atoms with van der Waals surface area (Å²) in [5.74, 6) is 0. The van der Waals surface area contributed by atoms with Gasteiger partial charge >= 0.3 is 0 Å². The van der Waals surface area contributed by atoms with Crippen molar-refractivity contribution in [3.05, 3.63) is 0 Å². The van der Waals surface area contributed by atoms with Gasteiger partial charge in [0.2, 0.25) is 0 Å². The molecule has 0 unspecified atom stereocenters. The van der Waals surface area contributed by atoms with E-state index in [1.807, 2.05) is 0 Å². The fraction of sp³-hybridized carbons (Fsp3) is 1.00. The van der Waals surface area contributed by atoms with Gasteiger partial charge in [-0.2, -0.15) is 0 Å². The Kier molecular flexibility index (Phi) is 5.74. The first-order valence-electron chi connectivity index (χ1n) is 2.40. The van der Waals surface area contributed by atoms with Crippen LogP contribution in [0.2, 0.25) is 0 Å². The third-order valence-corrected chi connectivity index (χ3v) is 0.995. The van der Waals surface area contributed by atoms with Gasteiger partial charge in [0.05, 0.1) is 0 Å². The Balaban J connectivity index is 2.72. The lowest BCUT2D eigenvalue weighted by Gasteiger charge is -2.02. The van der Waals surface area contributed by atoms with Crippen LogP contribution in [0.4, 0.5) is 0 Å². The van der Waals surface area contributed by atoms with Crippen molar-refractivity contribution in [1.82, 2.24) is 5.32 Å². The lowest BCUT2D eigenvalue weighted by Crippen LogP contribution is -2.27. The van der Waals surface area contributed by atoms with Crippen LogP contribution < -0.4 is 5.32 Å². The smallest absolute Gasteiger partial charge is 0.164 e. The van der Waals surface area contributed by atoms with E-state index < -0.39 is 6.29 Å². The molecule has 0 aromatic carbocycles. The average Bonchev–Trinajstić information content (AvgIpc) is 1.66. The van der Waals surface area contributed by atoms with E-state index in [1.54, 1.807) is 0 Å². The molecule has 3 N–H and O–H groups in total. The zero-order valence-electron chi connectivity index (χ0n) is 4.47. The van der Waals surface area contributed by atoms with Crippen LogP contribution in [0, 0.1) is 0 Å². The topological polar surface area (TPSA) is 52.5 Å². The second-order valence-corrected chi connectivity index (χ2v) is 2.17. The second-order valence-electron chi connectivity index (χ2n) is 1.37. The van der Waals surface area contributed by atoms with Crippen LogP contribution in [0.5, 0.6) is 0 Å². The molecule has 0 amide bonds. The molecule has 0 spiro atoms. The fourth-order valence-corrected chi connectivity index (χ4v) is 0.578. The van der Waals surface area contributed by atoms with Gasteiger partial charge in [-0.05, 0) is 0 Å². The summed E-state index contributed by atoms with van der Waals surface area (Å²) >= 11 is 3.17. The first kappa shape index (κ1) is 8.36. The van der Waals surface area contributed by atoms with Crippen LogP contribution in [0.3, 0.4) is 0 Å². The Hall–Kier alpha value is 0.360. The third kappa shape index (κ3) is 6.36. The van der Waals surface area contributed by atoms with Crippen LogP contribution in [-0.2, 0) is 0 Å². The Labute approximate surface area is 56.8 Å². The Morgan fingerprint density at radius 2 is 2.12 bits per heavy atom.